The highest BCUT2D eigenvalue weighted by Gasteiger charge is 2.36. The number of ether oxygens (including phenoxy) is 2. The highest BCUT2D eigenvalue weighted by molar-refractivity contribution is 6.30. The molecule has 60 heavy (non-hydrogen) atoms. The quantitative estimate of drug-likeness (QED) is 0.252. The van der Waals surface area contributed by atoms with E-state index in [-0.39, 0.29) is 42.1 Å². The Morgan fingerprint density at radius 2 is 1.52 bits per heavy atom. The lowest BCUT2D eigenvalue weighted by Crippen LogP contribution is -2.57. The second-order valence-electron chi connectivity index (χ2n) is 16.5. The fraction of sp³-hybridized carbons (Fsp3) is 0.600. The summed E-state index contributed by atoms with van der Waals surface area (Å²) >= 11 is 6.12. The van der Waals surface area contributed by atoms with E-state index >= 15 is 0 Å². The summed E-state index contributed by atoms with van der Waals surface area (Å²) in [4.78, 5) is 98.4. The van der Waals surface area contributed by atoms with Crippen molar-refractivity contribution in [2.75, 3.05) is 20.6 Å². The Morgan fingerprint density at radius 3 is 2.08 bits per heavy atom. The number of hydrogen-bond acceptors (Lipinski definition) is 9. The van der Waals surface area contributed by atoms with Crippen LogP contribution in [-0.4, -0.2) is 108 Å². The van der Waals surface area contributed by atoms with Gasteiger partial charge in [-0.15, -0.1) is 0 Å². The molecule has 1 aliphatic rings. The van der Waals surface area contributed by atoms with Crippen LogP contribution in [0, 0.1) is 30.6 Å². The van der Waals surface area contributed by atoms with Gasteiger partial charge in [-0.05, 0) is 95.4 Å². The van der Waals surface area contributed by atoms with Crippen LogP contribution in [0.25, 0.3) is 0 Å². The predicted molar refractivity (Wildman–Crippen MR) is 231 cm³/mol. The number of nitrogens with zero attached hydrogens (tertiary/aromatic N) is 2. The number of halogens is 1. The number of rotatable bonds is 7. The van der Waals surface area contributed by atoms with Crippen molar-refractivity contribution in [1.29, 1.82) is 0 Å². The molecule has 0 spiro atoms. The number of likely N-dealkylation sites (N-methyl/N-ethyl adjacent to an activating group) is 2. The van der Waals surface area contributed by atoms with Gasteiger partial charge < -0.3 is 35.2 Å². The summed E-state index contributed by atoms with van der Waals surface area (Å²) in [7, 11) is 2.84. The number of carbonyl (C=O) groups excluding carboxylic acids is 7. The minimum absolute atomic E-state index is 0.0390. The largest absolute Gasteiger partial charge is 0.456 e. The van der Waals surface area contributed by atoms with Gasteiger partial charge in [0.05, 0.1) is 6.54 Å². The zero-order valence-electron chi connectivity index (χ0n) is 37.4. The first kappa shape index (κ1) is 51.4. The van der Waals surface area contributed by atoms with E-state index in [1.54, 1.807) is 44.2 Å². The second-order valence-corrected chi connectivity index (χ2v) is 17.0. The number of esters is 2. The minimum atomic E-state index is -1.23. The van der Waals surface area contributed by atoms with Gasteiger partial charge in [0.2, 0.25) is 23.6 Å². The standard InChI is InChI=1S/C45H67ClN5O9/c1-14-26(5)38-41(54)48-32(11)45(58)60-39(27(6)15-2)30(9)28(7)16-17-29(8)44(57)59-36(22-25(3)4)40(53)47-31(10)42(55)51(13)35(23-33-18-20-34(46)21-19-33)43(56)50(12)24-37(52)49-38/h15,17-21,25-26,28,30-32,35-36,38-39H,7,14,16,22-24H2,1-6,8-13H3,(H,47,53)(H,48,54)(H,49,52)/b27-15+,29-17+/t26-,28+,30+,31+,32-,35-,36-,38+,39-/m1/s1. The average molecular weight is 858 g/mol. The van der Waals surface area contributed by atoms with Gasteiger partial charge in [0, 0.05) is 37.0 Å². The molecule has 9 atom stereocenters. The molecule has 0 bridgehead atoms. The van der Waals surface area contributed by atoms with Crippen molar-refractivity contribution >= 4 is 53.1 Å². The monoisotopic (exact) mass is 856 g/mol. The van der Waals surface area contributed by atoms with Crippen LogP contribution in [0.2, 0.25) is 5.02 Å². The maximum Gasteiger partial charge on any atom is 0.334 e. The van der Waals surface area contributed by atoms with Gasteiger partial charge in [-0.1, -0.05) is 76.9 Å². The van der Waals surface area contributed by atoms with E-state index < -0.39 is 84.4 Å². The van der Waals surface area contributed by atoms with E-state index in [4.69, 9.17) is 21.1 Å². The molecule has 1 heterocycles. The van der Waals surface area contributed by atoms with Gasteiger partial charge in [0.15, 0.2) is 6.10 Å². The van der Waals surface area contributed by atoms with E-state index in [0.717, 1.165) is 10.5 Å². The predicted octanol–water partition coefficient (Wildman–Crippen LogP) is 4.98. The zero-order chi connectivity index (χ0) is 45.6. The maximum atomic E-state index is 14.2. The van der Waals surface area contributed by atoms with Crippen molar-refractivity contribution in [3.8, 4) is 0 Å². The Labute approximate surface area is 361 Å². The lowest BCUT2D eigenvalue weighted by atomic mass is 9.84. The third-order valence-electron chi connectivity index (χ3n) is 11.1. The smallest absolute Gasteiger partial charge is 0.334 e. The highest BCUT2D eigenvalue weighted by atomic mass is 35.5. The van der Waals surface area contributed by atoms with Crippen molar-refractivity contribution < 1.29 is 43.0 Å². The van der Waals surface area contributed by atoms with Crippen LogP contribution in [0.15, 0.2) is 47.6 Å². The van der Waals surface area contributed by atoms with Crippen LogP contribution in [0.1, 0.15) is 94.1 Å². The summed E-state index contributed by atoms with van der Waals surface area (Å²) in [5.74, 6) is -5.64. The Morgan fingerprint density at radius 1 is 0.917 bits per heavy atom. The fourth-order valence-electron chi connectivity index (χ4n) is 6.63. The lowest BCUT2D eigenvalue weighted by Gasteiger charge is -2.33. The Hall–Kier alpha value is -4.72. The summed E-state index contributed by atoms with van der Waals surface area (Å²) in [6.07, 6.45) is 2.57. The molecule has 1 aliphatic heterocycles. The van der Waals surface area contributed by atoms with Crippen molar-refractivity contribution in [2.45, 2.75) is 131 Å². The lowest BCUT2D eigenvalue weighted by molar-refractivity contribution is -0.154. The number of allylic oxidation sites excluding steroid dienone is 2. The third kappa shape index (κ3) is 15.1. The fourth-order valence-corrected chi connectivity index (χ4v) is 6.76. The molecule has 1 aromatic rings. The first-order valence-corrected chi connectivity index (χ1v) is 21.1. The second kappa shape index (κ2) is 23.9. The maximum absolute atomic E-state index is 14.2. The molecule has 0 aliphatic carbocycles. The SMILES string of the molecule is [CH2][C@H]1C/C=C(\C)C(=O)O[C@H](CC(C)C)C(=O)N[C@@H](C)C(=O)N(C)[C@H](Cc2ccc(Cl)cc2)C(=O)N(C)CC(=O)N[C@@H]([C@H](C)CC)C(=O)N[C@H](C)C(=O)O[C@H](/C(C)=C/C)[C@H]1C. The molecule has 5 amide bonds. The molecule has 15 heteroatoms. The van der Waals surface area contributed by atoms with Crippen LogP contribution >= 0.6 is 11.6 Å². The number of hydrogen-bond donors (Lipinski definition) is 3. The van der Waals surface area contributed by atoms with E-state index in [1.165, 1.54) is 32.8 Å². The van der Waals surface area contributed by atoms with Crippen LogP contribution in [0.4, 0.5) is 0 Å². The summed E-state index contributed by atoms with van der Waals surface area (Å²) in [6.45, 7) is 21.3. The van der Waals surface area contributed by atoms with Crippen molar-refractivity contribution in [1.82, 2.24) is 25.8 Å². The van der Waals surface area contributed by atoms with Crippen molar-refractivity contribution in [3.63, 3.8) is 0 Å². The Bertz CT molecular complexity index is 1750. The van der Waals surface area contributed by atoms with Crippen LogP contribution < -0.4 is 16.0 Å². The molecular weight excluding hydrogens is 790 g/mol. The molecule has 3 N–H and O–H groups in total. The van der Waals surface area contributed by atoms with Gasteiger partial charge in [-0.3, -0.25) is 24.0 Å². The molecule has 0 unspecified atom stereocenters. The van der Waals surface area contributed by atoms with Gasteiger partial charge >= 0.3 is 11.9 Å². The van der Waals surface area contributed by atoms with E-state index in [0.29, 0.717) is 23.4 Å². The molecule has 0 aromatic heterocycles. The number of cyclic esters (lactones) is 2. The molecule has 1 radical (unpaired) electrons. The molecule has 333 valence electrons. The molecule has 0 fully saturated rings. The summed E-state index contributed by atoms with van der Waals surface area (Å²) in [6, 6.07) is 2.30. The molecule has 0 saturated heterocycles. The Balaban J connectivity index is 2.63. The van der Waals surface area contributed by atoms with Crippen LogP contribution in [0.3, 0.4) is 0 Å². The summed E-state index contributed by atoms with van der Waals surface area (Å²) < 4.78 is 11.7. The molecule has 0 saturated carbocycles. The van der Waals surface area contributed by atoms with Gasteiger partial charge in [0.25, 0.3) is 5.91 Å². The van der Waals surface area contributed by atoms with E-state index in [2.05, 4.69) is 22.9 Å². The van der Waals surface area contributed by atoms with Crippen molar-refractivity contribution in [2.24, 2.45) is 23.7 Å². The van der Waals surface area contributed by atoms with Crippen molar-refractivity contribution in [3.05, 3.63) is 65.1 Å². The van der Waals surface area contributed by atoms with Gasteiger partial charge in [0.1, 0.15) is 30.3 Å². The number of nitrogens with one attached hydrogen (secondary N) is 3. The van der Waals surface area contributed by atoms with Crippen LogP contribution in [-0.2, 0) is 49.5 Å². The third-order valence-corrected chi connectivity index (χ3v) is 11.3. The molecule has 2 rings (SSSR count). The number of benzene rings is 1. The normalized spacial score (nSPS) is 28.6. The topological polar surface area (TPSA) is 181 Å². The molecule has 14 nitrogen and oxygen atoms in total. The highest BCUT2D eigenvalue weighted by Crippen LogP contribution is 2.27. The van der Waals surface area contributed by atoms with Crippen LogP contribution in [0.5, 0.6) is 0 Å². The Kier molecular flexibility index (Phi) is 20.5. The van der Waals surface area contributed by atoms with E-state index in [9.17, 15) is 33.6 Å². The summed E-state index contributed by atoms with van der Waals surface area (Å²) in [5, 5.41) is 8.59. The average Bonchev–Trinajstić information content (AvgIpc) is 3.20. The van der Waals surface area contributed by atoms with E-state index in [1.807, 2.05) is 47.6 Å². The zero-order valence-corrected chi connectivity index (χ0v) is 38.2. The first-order chi connectivity index (χ1) is 28.0. The number of amides is 5. The number of carbonyl (C=O) groups is 7. The molecule has 1 aromatic carbocycles. The van der Waals surface area contributed by atoms with Gasteiger partial charge in [-0.25, -0.2) is 9.59 Å². The first-order valence-electron chi connectivity index (χ1n) is 20.7. The molecular formula is C45H67ClN5O9. The van der Waals surface area contributed by atoms with Gasteiger partial charge in [-0.2, -0.15) is 0 Å². The minimum Gasteiger partial charge on any atom is -0.456 e. The summed E-state index contributed by atoms with van der Waals surface area (Å²) in [5.41, 5.74) is 1.68.